The van der Waals surface area contributed by atoms with Crippen molar-refractivity contribution in [2.24, 2.45) is 0 Å². The standard InChI is InChI=1S/C20H22N4O/c25-18(11-10-15-6-2-1-3-7-15)24-13-5-8-16(14-24)19-17-9-4-12-21-20(17)23-22-19/h1-4,6-7,9,12,16H,5,8,10-11,13-14H2,(H,21,22,23). The van der Waals surface area contributed by atoms with Crippen molar-refractivity contribution in [1.29, 1.82) is 0 Å². The second kappa shape index (κ2) is 7.05. The molecule has 5 heteroatoms. The number of aromatic amines is 1. The van der Waals surface area contributed by atoms with E-state index >= 15 is 0 Å². The van der Waals surface area contributed by atoms with E-state index in [4.69, 9.17) is 0 Å². The van der Waals surface area contributed by atoms with Gasteiger partial charge in [0.25, 0.3) is 0 Å². The number of pyridine rings is 1. The summed E-state index contributed by atoms with van der Waals surface area (Å²) in [5.41, 5.74) is 3.09. The second-order valence-corrected chi connectivity index (χ2v) is 6.68. The highest BCUT2D eigenvalue weighted by molar-refractivity contribution is 5.79. The first-order chi connectivity index (χ1) is 12.3. The van der Waals surface area contributed by atoms with Crippen LogP contribution in [-0.4, -0.2) is 39.1 Å². The van der Waals surface area contributed by atoms with Crippen LogP contribution in [0.1, 0.15) is 36.4 Å². The van der Waals surface area contributed by atoms with Gasteiger partial charge in [-0.15, -0.1) is 0 Å². The molecule has 128 valence electrons. The largest absolute Gasteiger partial charge is 0.342 e. The van der Waals surface area contributed by atoms with E-state index in [1.165, 1.54) is 5.56 Å². The molecular weight excluding hydrogens is 312 g/mol. The maximum absolute atomic E-state index is 12.6. The summed E-state index contributed by atoms with van der Waals surface area (Å²) in [6.45, 7) is 1.62. The Morgan fingerprint density at radius 2 is 2.08 bits per heavy atom. The van der Waals surface area contributed by atoms with Crippen LogP contribution >= 0.6 is 0 Å². The summed E-state index contributed by atoms with van der Waals surface area (Å²) >= 11 is 0. The minimum absolute atomic E-state index is 0.246. The SMILES string of the molecule is O=C(CCc1ccccc1)N1CCCC(c2[nH]nc3ncccc23)C1. The van der Waals surface area contributed by atoms with Crippen LogP contribution in [0.5, 0.6) is 0 Å². The Balaban J connectivity index is 1.43. The van der Waals surface area contributed by atoms with E-state index < -0.39 is 0 Å². The molecule has 0 bridgehead atoms. The number of hydrogen-bond acceptors (Lipinski definition) is 3. The number of hydrogen-bond donors (Lipinski definition) is 1. The first kappa shape index (κ1) is 15.8. The lowest BCUT2D eigenvalue weighted by Gasteiger charge is -2.32. The van der Waals surface area contributed by atoms with E-state index in [0.717, 1.165) is 49.1 Å². The molecule has 5 nitrogen and oxygen atoms in total. The van der Waals surface area contributed by atoms with E-state index in [0.29, 0.717) is 12.3 Å². The highest BCUT2D eigenvalue weighted by atomic mass is 16.2. The molecule has 3 heterocycles. The first-order valence-electron chi connectivity index (χ1n) is 8.92. The highest BCUT2D eigenvalue weighted by Gasteiger charge is 2.27. The molecule has 3 aromatic rings. The Morgan fingerprint density at radius 1 is 1.20 bits per heavy atom. The minimum atomic E-state index is 0.246. The zero-order valence-corrected chi connectivity index (χ0v) is 14.2. The van der Waals surface area contributed by atoms with Crippen LogP contribution in [0.3, 0.4) is 0 Å². The molecule has 1 fully saturated rings. The molecule has 0 aliphatic carbocycles. The molecule has 25 heavy (non-hydrogen) atoms. The van der Waals surface area contributed by atoms with Gasteiger partial charge in [-0.05, 0) is 37.0 Å². The minimum Gasteiger partial charge on any atom is -0.342 e. The molecule has 1 unspecified atom stereocenters. The van der Waals surface area contributed by atoms with Gasteiger partial charge in [-0.3, -0.25) is 9.89 Å². The Hall–Kier alpha value is -2.69. The average molecular weight is 334 g/mol. The zero-order valence-electron chi connectivity index (χ0n) is 14.2. The predicted octanol–water partition coefficient (Wildman–Crippen LogP) is 3.30. The lowest BCUT2D eigenvalue weighted by Crippen LogP contribution is -2.39. The summed E-state index contributed by atoms with van der Waals surface area (Å²) in [6.07, 6.45) is 5.24. The van der Waals surface area contributed by atoms with Crippen molar-refractivity contribution in [2.75, 3.05) is 13.1 Å². The van der Waals surface area contributed by atoms with E-state index in [1.807, 2.05) is 29.2 Å². The predicted molar refractivity (Wildman–Crippen MR) is 97.2 cm³/mol. The molecule has 0 spiro atoms. The number of aryl methyl sites for hydroxylation is 1. The van der Waals surface area contributed by atoms with Crippen molar-refractivity contribution in [3.63, 3.8) is 0 Å². The molecule has 2 aromatic heterocycles. The molecule has 0 radical (unpaired) electrons. The Labute approximate surface area is 147 Å². The summed E-state index contributed by atoms with van der Waals surface area (Å²) in [5.74, 6) is 0.555. The molecule has 0 saturated carbocycles. The second-order valence-electron chi connectivity index (χ2n) is 6.68. The number of piperidine rings is 1. The van der Waals surface area contributed by atoms with Crippen molar-refractivity contribution in [3.8, 4) is 0 Å². The quantitative estimate of drug-likeness (QED) is 0.796. The van der Waals surface area contributed by atoms with E-state index in [-0.39, 0.29) is 5.91 Å². The van der Waals surface area contributed by atoms with E-state index in [1.54, 1.807) is 6.20 Å². The number of aromatic nitrogens is 3. The third kappa shape index (κ3) is 3.40. The Kier molecular flexibility index (Phi) is 4.46. The molecule has 1 aromatic carbocycles. The number of rotatable bonds is 4. The zero-order chi connectivity index (χ0) is 17.1. The first-order valence-corrected chi connectivity index (χ1v) is 8.92. The molecule has 1 aliphatic heterocycles. The van der Waals surface area contributed by atoms with Crippen molar-refractivity contribution >= 4 is 16.9 Å². The van der Waals surface area contributed by atoms with E-state index in [2.05, 4.69) is 33.4 Å². The number of carbonyl (C=O) groups is 1. The lowest BCUT2D eigenvalue weighted by molar-refractivity contribution is -0.132. The number of fused-ring (bicyclic) bond motifs is 1. The normalized spacial score (nSPS) is 17.8. The van der Waals surface area contributed by atoms with Gasteiger partial charge in [0.2, 0.25) is 5.91 Å². The smallest absolute Gasteiger partial charge is 0.222 e. The average Bonchev–Trinajstić information content (AvgIpc) is 3.11. The van der Waals surface area contributed by atoms with Gasteiger partial charge in [-0.1, -0.05) is 30.3 Å². The lowest BCUT2D eigenvalue weighted by atomic mass is 9.93. The van der Waals surface area contributed by atoms with Crippen LogP contribution in [0, 0.1) is 0 Å². The molecule has 1 amide bonds. The van der Waals surface area contributed by atoms with Gasteiger partial charge >= 0.3 is 0 Å². The summed E-state index contributed by atoms with van der Waals surface area (Å²) in [4.78, 5) is 18.9. The van der Waals surface area contributed by atoms with Crippen molar-refractivity contribution in [3.05, 3.63) is 59.9 Å². The number of amides is 1. The van der Waals surface area contributed by atoms with Gasteiger partial charge in [0, 0.05) is 42.7 Å². The molecule has 1 saturated heterocycles. The van der Waals surface area contributed by atoms with Crippen LogP contribution in [-0.2, 0) is 11.2 Å². The molecule has 1 atom stereocenters. The highest BCUT2D eigenvalue weighted by Crippen LogP contribution is 2.30. The summed E-state index contributed by atoms with van der Waals surface area (Å²) in [6, 6.07) is 14.2. The van der Waals surface area contributed by atoms with Gasteiger partial charge in [0.15, 0.2) is 5.65 Å². The topological polar surface area (TPSA) is 61.9 Å². The van der Waals surface area contributed by atoms with Crippen molar-refractivity contribution < 1.29 is 4.79 Å². The van der Waals surface area contributed by atoms with Gasteiger partial charge in [0.05, 0.1) is 0 Å². The monoisotopic (exact) mass is 334 g/mol. The number of carbonyl (C=O) groups excluding carboxylic acids is 1. The molecule has 4 rings (SSSR count). The van der Waals surface area contributed by atoms with Crippen molar-refractivity contribution in [2.45, 2.75) is 31.6 Å². The Morgan fingerprint density at radius 3 is 2.96 bits per heavy atom. The molecule has 1 N–H and O–H groups in total. The Bertz CT molecular complexity index is 858. The number of H-pyrrole nitrogens is 1. The number of likely N-dealkylation sites (tertiary alicyclic amines) is 1. The number of benzene rings is 1. The third-order valence-corrected chi connectivity index (χ3v) is 5.01. The van der Waals surface area contributed by atoms with Crippen LogP contribution < -0.4 is 0 Å². The van der Waals surface area contributed by atoms with Gasteiger partial charge in [-0.25, -0.2) is 4.98 Å². The maximum Gasteiger partial charge on any atom is 0.222 e. The number of nitrogens with zero attached hydrogens (tertiary/aromatic N) is 3. The fraction of sp³-hybridized carbons (Fsp3) is 0.350. The fourth-order valence-electron chi connectivity index (χ4n) is 3.67. The van der Waals surface area contributed by atoms with Gasteiger partial charge in [0.1, 0.15) is 0 Å². The van der Waals surface area contributed by atoms with Crippen LogP contribution in [0.25, 0.3) is 11.0 Å². The van der Waals surface area contributed by atoms with Crippen LogP contribution in [0.2, 0.25) is 0 Å². The van der Waals surface area contributed by atoms with Crippen molar-refractivity contribution in [1.82, 2.24) is 20.1 Å². The van der Waals surface area contributed by atoms with Crippen LogP contribution in [0.15, 0.2) is 48.7 Å². The maximum atomic E-state index is 12.6. The van der Waals surface area contributed by atoms with E-state index in [9.17, 15) is 4.79 Å². The number of nitrogens with one attached hydrogen (secondary N) is 1. The molecule has 1 aliphatic rings. The fourth-order valence-corrected chi connectivity index (χ4v) is 3.67. The van der Waals surface area contributed by atoms with Crippen LogP contribution in [0.4, 0.5) is 0 Å². The van der Waals surface area contributed by atoms with Gasteiger partial charge < -0.3 is 4.90 Å². The third-order valence-electron chi connectivity index (χ3n) is 5.01. The van der Waals surface area contributed by atoms with Gasteiger partial charge in [-0.2, -0.15) is 5.10 Å². The summed E-state index contributed by atoms with van der Waals surface area (Å²) in [5, 5.41) is 8.53. The summed E-state index contributed by atoms with van der Waals surface area (Å²) < 4.78 is 0. The summed E-state index contributed by atoms with van der Waals surface area (Å²) in [7, 11) is 0. The molecular formula is C20H22N4O.